The van der Waals surface area contributed by atoms with Crippen LogP contribution >= 0.6 is 11.6 Å². The van der Waals surface area contributed by atoms with Crippen molar-refractivity contribution >= 4 is 11.6 Å². The molecule has 0 radical (unpaired) electrons. The minimum atomic E-state index is -0.336. The van der Waals surface area contributed by atoms with Crippen molar-refractivity contribution in [2.45, 2.75) is 39.2 Å². The number of aliphatic hydroxyl groups is 1. The average molecular weight is 241 g/mol. The highest BCUT2D eigenvalue weighted by Gasteiger charge is 2.19. The van der Waals surface area contributed by atoms with Crippen molar-refractivity contribution in [3.05, 3.63) is 27.8 Å². The molecule has 1 heterocycles. The first-order valence-corrected chi connectivity index (χ1v) is 6.09. The second-order valence-electron chi connectivity index (χ2n) is 4.46. The number of fused-ring (bicyclic) bond motifs is 1. The van der Waals surface area contributed by atoms with Crippen LogP contribution in [0.15, 0.2) is 6.07 Å². The van der Waals surface area contributed by atoms with Gasteiger partial charge in [0, 0.05) is 0 Å². The molecule has 1 unspecified atom stereocenters. The molecule has 3 heteroatoms. The Balaban J connectivity index is 2.45. The van der Waals surface area contributed by atoms with E-state index in [9.17, 15) is 5.11 Å². The molecule has 1 atom stereocenters. The monoisotopic (exact) mass is 240 g/mol. The molecule has 1 aromatic rings. The Morgan fingerprint density at radius 2 is 2.31 bits per heavy atom. The van der Waals surface area contributed by atoms with Gasteiger partial charge in [-0.25, -0.2) is 0 Å². The highest BCUT2D eigenvalue weighted by molar-refractivity contribution is 6.32. The van der Waals surface area contributed by atoms with E-state index in [2.05, 4.69) is 6.92 Å². The van der Waals surface area contributed by atoms with Gasteiger partial charge in [0.05, 0.1) is 17.7 Å². The van der Waals surface area contributed by atoms with Gasteiger partial charge in [-0.1, -0.05) is 11.6 Å². The van der Waals surface area contributed by atoms with Crippen LogP contribution in [-0.4, -0.2) is 17.8 Å². The fraction of sp³-hybridized carbons (Fsp3) is 0.538. The summed E-state index contributed by atoms with van der Waals surface area (Å²) < 4.78 is 5.60. The average Bonchev–Trinajstić information content (AvgIpc) is 2.25. The Morgan fingerprint density at radius 3 is 3.00 bits per heavy atom. The van der Waals surface area contributed by atoms with Crippen molar-refractivity contribution in [1.82, 2.24) is 0 Å². The van der Waals surface area contributed by atoms with Gasteiger partial charge >= 0.3 is 0 Å². The molecular weight excluding hydrogens is 224 g/mol. The highest BCUT2D eigenvalue weighted by atomic mass is 35.5. The van der Waals surface area contributed by atoms with E-state index in [1.165, 1.54) is 11.1 Å². The van der Waals surface area contributed by atoms with Gasteiger partial charge in [0.2, 0.25) is 0 Å². The van der Waals surface area contributed by atoms with Crippen LogP contribution in [0.4, 0.5) is 0 Å². The minimum absolute atomic E-state index is 0.336. The maximum absolute atomic E-state index is 9.45. The maximum Gasteiger partial charge on any atom is 0.141 e. The predicted molar refractivity (Wildman–Crippen MR) is 65.4 cm³/mol. The molecule has 88 valence electrons. The van der Waals surface area contributed by atoms with Crippen molar-refractivity contribution in [1.29, 1.82) is 0 Å². The lowest BCUT2D eigenvalue weighted by Crippen LogP contribution is -2.13. The maximum atomic E-state index is 9.45. The number of ether oxygens (including phenoxy) is 1. The van der Waals surface area contributed by atoms with E-state index in [4.69, 9.17) is 16.3 Å². The Labute approximate surface area is 101 Å². The van der Waals surface area contributed by atoms with E-state index in [1.54, 1.807) is 6.92 Å². The zero-order valence-corrected chi connectivity index (χ0v) is 10.5. The van der Waals surface area contributed by atoms with Gasteiger partial charge in [-0.05, 0) is 55.9 Å². The molecule has 2 nitrogen and oxygen atoms in total. The zero-order valence-electron chi connectivity index (χ0n) is 9.72. The third kappa shape index (κ3) is 2.18. The first-order chi connectivity index (χ1) is 7.59. The lowest BCUT2D eigenvalue weighted by Gasteiger charge is -2.23. The van der Waals surface area contributed by atoms with Crippen molar-refractivity contribution in [2.24, 2.45) is 0 Å². The number of hydrogen-bond donors (Lipinski definition) is 1. The predicted octanol–water partition coefficient (Wildman–Crippen LogP) is 2.90. The van der Waals surface area contributed by atoms with E-state index in [0.29, 0.717) is 11.4 Å². The molecule has 0 bridgehead atoms. The molecule has 0 aliphatic carbocycles. The summed E-state index contributed by atoms with van der Waals surface area (Å²) in [5, 5.41) is 10.1. The number of benzene rings is 1. The van der Waals surface area contributed by atoms with Crippen molar-refractivity contribution < 1.29 is 9.84 Å². The highest BCUT2D eigenvalue weighted by Crippen LogP contribution is 2.37. The van der Waals surface area contributed by atoms with Gasteiger partial charge in [0.1, 0.15) is 5.75 Å². The van der Waals surface area contributed by atoms with Crippen LogP contribution in [0.25, 0.3) is 0 Å². The summed E-state index contributed by atoms with van der Waals surface area (Å²) in [6.07, 6.45) is 2.38. The third-order valence-electron chi connectivity index (χ3n) is 3.06. The van der Waals surface area contributed by atoms with Gasteiger partial charge < -0.3 is 9.84 Å². The lowest BCUT2D eigenvalue weighted by atomic mass is 9.94. The molecule has 0 aromatic heterocycles. The largest absolute Gasteiger partial charge is 0.492 e. The van der Waals surface area contributed by atoms with Crippen LogP contribution in [0.5, 0.6) is 5.75 Å². The van der Waals surface area contributed by atoms with Crippen LogP contribution in [0.2, 0.25) is 5.02 Å². The zero-order chi connectivity index (χ0) is 11.7. The Bertz CT molecular complexity index is 399. The van der Waals surface area contributed by atoms with Gasteiger partial charge in [-0.15, -0.1) is 0 Å². The minimum Gasteiger partial charge on any atom is -0.492 e. The Hall–Kier alpha value is -0.730. The molecule has 0 saturated heterocycles. The van der Waals surface area contributed by atoms with Gasteiger partial charge in [-0.3, -0.25) is 0 Å². The van der Waals surface area contributed by atoms with Crippen molar-refractivity contribution in [3.63, 3.8) is 0 Å². The van der Waals surface area contributed by atoms with Crippen LogP contribution in [0, 0.1) is 6.92 Å². The molecule has 0 amide bonds. The van der Waals surface area contributed by atoms with E-state index in [-0.39, 0.29) is 6.10 Å². The molecule has 1 aromatic carbocycles. The molecule has 0 saturated carbocycles. The first kappa shape index (κ1) is 11.7. The molecule has 2 rings (SSSR count). The van der Waals surface area contributed by atoms with E-state index in [0.717, 1.165) is 30.8 Å². The molecule has 0 fully saturated rings. The van der Waals surface area contributed by atoms with E-state index in [1.807, 2.05) is 6.07 Å². The molecule has 1 aliphatic heterocycles. The number of hydrogen-bond acceptors (Lipinski definition) is 2. The normalized spacial score (nSPS) is 16.5. The molecule has 1 aliphatic rings. The van der Waals surface area contributed by atoms with Crippen molar-refractivity contribution in [3.8, 4) is 5.75 Å². The van der Waals surface area contributed by atoms with E-state index < -0.39 is 0 Å². The second kappa shape index (κ2) is 4.64. The van der Waals surface area contributed by atoms with Gasteiger partial charge in [-0.2, -0.15) is 0 Å². The summed E-state index contributed by atoms with van der Waals surface area (Å²) in [6, 6.07) is 1.92. The van der Waals surface area contributed by atoms with Crippen molar-refractivity contribution in [2.75, 3.05) is 6.61 Å². The SMILES string of the molecule is Cc1c(CC(C)O)cc(Cl)c2c1CCCO2. The molecule has 16 heavy (non-hydrogen) atoms. The summed E-state index contributed by atoms with van der Waals surface area (Å²) in [7, 11) is 0. The molecule has 0 spiro atoms. The Kier molecular flexibility index (Phi) is 3.41. The molecular formula is C13H17ClO2. The summed E-state index contributed by atoms with van der Waals surface area (Å²) in [6.45, 7) is 4.63. The second-order valence-corrected chi connectivity index (χ2v) is 4.86. The first-order valence-electron chi connectivity index (χ1n) is 5.71. The van der Waals surface area contributed by atoms with Gasteiger partial charge in [0.25, 0.3) is 0 Å². The van der Waals surface area contributed by atoms with Crippen LogP contribution in [0.1, 0.15) is 30.0 Å². The number of halogens is 1. The summed E-state index contributed by atoms with van der Waals surface area (Å²) >= 11 is 6.20. The summed E-state index contributed by atoms with van der Waals surface area (Å²) in [4.78, 5) is 0. The smallest absolute Gasteiger partial charge is 0.141 e. The fourth-order valence-electron chi connectivity index (χ4n) is 2.25. The topological polar surface area (TPSA) is 29.5 Å². The number of aliphatic hydroxyl groups excluding tert-OH is 1. The lowest BCUT2D eigenvalue weighted by molar-refractivity contribution is 0.195. The fourth-order valence-corrected chi connectivity index (χ4v) is 2.55. The molecule has 1 N–H and O–H groups in total. The Morgan fingerprint density at radius 1 is 1.56 bits per heavy atom. The van der Waals surface area contributed by atoms with Gasteiger partial charge in [0.15, 0.2) is 0 Å². The van der Waals surface area contributed by atoms with Crippen LogP contribution in [0.3, 0.4) is 0 Å². The van der Waals surface area contributed by atoms with E-state index >= 15 is 0 Å². The third-order valence-corrected chi connectivity index (χ3v) is 3.34. The summed E-state index contributed by atoms with van der Waals surface area (Å²) in [5.74, 6) is 0.847. The summed E-state index contributed by atoms with van der Waals surface area (Å²) in [5.41, 5.74) is 3.57. The number of rotatable bonds is 2. The van der Waals surface area contributed by atoms with Crippen LogP contribution < -0.4 is 4.74 Å². The standard InChI is InChI=1S/C13H17ClO2/c1-8(15)6-10-7-12(14)13-11(9(10)2)4-3-5-16-13/h7-8,15H,3-6H2,1-2H3. The quantitative estimate of drug-likeness (QED) is 0.862. The van der Waals surface area contributed by atoms with Crippen LogP contribution in [-0.2, 0) is 12.8 Å².